The number of H-pyrrole nitrogens is 1. The number of rotatable bonds is 7. The van der Waals surface area contributed by atoms with Crippen LogP contribution in [0, 0.1) is 4.77 Å². The normalized spacial score (nSPS) is 11.3. The summed E-state index contributed by atoms with van der Waals surface area (Å²) in [6, 6.07) is 15.4. The summed E-state index contributed by atoms with van der Waals surface area (Å²) in [4.78, 5) is 0. The quantitative estimate of drug-likeness (QED) is 0.482. The van der Waals surface area contributed by atoms with Crippen LogP contribution in [-0.2, 0) is 0 Å². The van der Waals surface area contributed by atoms with E-state index in [0.29, 0.717) is 17.2 Å². The Kier molecular flexibility index (Phi) is 6.17. The third-order valence-electron chi connectivity index (χ3n) is 3.76. The zero-order valence-electron chi connectivity index (χ0n) is 15.1. The molecule has 7 heteroatoms. The fourth-order valence-electron chi connectivity index (χ4n) is 2.51. The van der Waals surface area contributed by atoms with Crippen molar-refractivity contribution in [3.05, 3.63) is 64.9 Å². The predicted octanol–water partition coefficient (Wildman–Crippen LogP) is 4.56. The molecule has 0 aliphatic heterocycles. The minimum Gasteiger partial charge on any atom is -0.496 e. The van der Waals surface area contributed by atoms with E-state index in [1.54, 1.807) is 18.0 Å². The topological polar surface area (TPSA) is 64.4 Å². The lowest BCUT2D eigenvalue weighted by Crippen LogP contribution is -1.95. The minimum atomic E-state index is 0.417. The van der Waals surface area contributed by atoms with Gasteiger partial charge < -0.3 is 9.47 Å². The Morgan fingerprint density at radius 1 is 1.19 bits per heavy atom. The zero-order valence-corrected chi connectivity index (χ0v) is 15.9. The van der Waals surface area contributed by atoms with Gasteiger partial charge in [-0.15, -0.1) is 0 Å². The van der Waals surface area contributed by atoms with Crippen molar-refractivity contribution in [2.45, 2.75) is 6.92 Å². The number of nitrogens with zero attached hydrogens (tertiary/aromatic N) is 3. The van der Waals surface area contributed by atoms with E-state index < -0.39 is 0 Å². The molecule has 0 unspecified atom stereocenters. The van der Waals surface area contributed by atoms with Gasteiger partial charge in [-0.3, -0.25) is 0 Å². The second kappa shape index (κ2) is 8.95. The largest absolute Gasteiger partial charge is 0.496 e. The number of ether oxygens (including phenoxy) is 2. The lowest BCUT2D eigenvalue weighted by Gasteiger charge is -2.04. The molecule has 0 aliphatic rings. The Labute approximate surface area is 162 Å². The smallest absolute Gasteiger partial charge is 0.216 e. The first-order chi connectivity index (χ1) is 13.2. The van der Waals surface area contributed by atoms with Crippen molar-refractivity contribution in [2.24, 2.45) is 5.10 Å². The molecule has 0 bridgehead atoms. The summed E-state index contributed by atoms with van der Waals surface area (Å²) in [6.45, 7) is 2.58. The first-order valence-electron chi connectivity index (χ1n) is 8.47. The average Bonchev–Trinajstić information content (AvgIpc) is 3.07. The summed E-state index contributed by atoms with van der Waals surface area (Å²) in [5, 5.41) is 11.5. The van der Waals surface area contributed by atoms with Gasteiger partial charge in [0.25, 0.3) is 0 Å². The summed E-state index contributed by atoms with van der Waals surface area (Å²) < 4.78 is 12.8. The van der Waals surface area contributed by atoms with Gasteiger partial charge in [-0.25, -0.2) is 5.10 Å². The molecule has 3 aromatic rings. The van der Waals surface area contributed by atoms with Gasteiger partial charge in [0, 0.05) is 17.3 Å². The summed E-state index contributed by atoms with van der Waals surface area (Å²) in [6.07, 6.45) is 5.41. The van der Waals surface area contributed by atoms with Crippen molar-refractivity contribution in [1.29, 1.82) is 0 Å². The molecule has 2 aromatic carbocycles. The van der Waals surface area contributed by atoms with E-state index >= 15 is 0 Å². The molecule has 0 atom stereocenters. The lowest BCUT2D eigenvalue weighted by molar-refractivity contribution is 0.340. The third-order valence-corrected chi connectivity index (χ3v) is 4.02. The van der Waals surface area contributed by atoms with Crippen LogP contribution in [0.15, 0.2) is 59.7 Å². The number of allylic oxidation sites excluding steroid dienone is 1. The SMILES string of the molecule is CCOc1ccc(-c2n[nH]c(=S)n2N=CC=Cc2ccccc2OC)cc1. The summed E-state index contributed by atoms with van der Waals surface area (Å²) in [7, 11) is 1.65. The number of hydrogen-bond acceptors (Lipinski definition) is 5. The number of nitrogens with one attached hydrogen (secondary N) is 1. The molecule has 1 aromatic heterocycles. The molecule has 0 saturated heterocycles. The summed E-state index contributed by atoms with van der Waals surface area (Å²) in [5.41, 5.74) is 1.85. The van der Waals surface area contributed by atoms with E-state index in [2.05, 4.69) is 15.3 Å². The molecule has 27 heavy (non-hydrogen) atoms. The van der Waals surface area contributed by atoms with Gasteiger partial charge in [-0.2, -0.15) is 14.9 Å². The van der Waals surface area contributed by atoms with Crippen molar-refractivity contribution in [1.82, 2.24) is 14.9 Å². The minimum absolute atomic E-state index is 0.417. The van der Waals surface area contributed by atoms with Crippen LogP contribution in [-0.4, -0.2) is 34.8 Å². The Hall–Kier alpha value is -3.19. The van der Waals surface area contributed by atoms with Crippen molar-refractivity contribution < 1.29 is 9.47 Å². The van der Waals surface area contributed by atoms with Gasteiger partial charge >= 0.3 is 0 Å². The second-order valence-electron chi connectivity index (χ2n) is 5.49. The van der Waals surface area contributed by atoms with Crippen molar-refractivity contribution in [3.8, 4) is 22.9 Å². The van der Waals surface area contributed by atoms with E-state index in [1.807, 2.05) is 67.6 Å². The van der Waals surface area contributed by atoms with Crippen LogP contribution in [0.5, 0.6) is 11.5 Å². The van der Waals surface area contributed by atoms with E-state index in [4.69, 9.17) is 21.7 Å². The standard InChI is InChI=1S/C20H20N4O2S/c1-3-26-17-12-10-16(11-13-17)19-22-23-20(27)24(19)21-14-6-8-15-7-4-5-9-18(15)25-2/h4-14H,3H2,1-2H3,(H,23,27). The maximum absolute atomic E-state index is 5.47. The van der Waals surface area contributed by atoms with Gasteiger partial charge in [0.2, 0.25) is 4.77 Å². The maximum atomic E-state index is 5.47. The fourth-order valence-corrected chi connectivity index (χ4v) is 2.69. The fraction of sp³-hybridized carbons (Fsp3) is 0.150. The van der Waals surface area contributed by atoms with Crippen LogP contribution in [0.3, 0.4) is 0 Å². The van der Waals surface area contributed by atoms with E-state index in [0.717, 1.165) is 22.6 Å². The van der Waals surface area contributed by atoms with Crippen LogP contribution in [0.1, 0.15) is 12.5 Å². The van der Waals surface area contributed by atoms with Gasteiger partial charge in [-0.1, -0.05) is 18.2 Å². The number of aromatic amines is 1. The molecular formula is C20H20N4O2S. The molecule has 0 spiro atoms. The Morgan fingerprint density at radius 2 is 1.96 bits per heavy atom. The number of benzene rings is 2. The highest BCUT2D eigenvalue weighted by Gasteiger charge is 2.08. The van der Waals surface area contributed by atoms with Gasteiger partial charge in [0.15, 0.2) is 5.82 Å². The number of para-hydroxylation sites is 1. The molecule has 6 nitrogen and oxygen atoms in total. The molecule has 1 N–H and O–H groups in total. The number of methoxy groups -OCH3 is 1. The van der Waals surface area contributed by atoms with E-state index in [9.17, 15) is 0 Å². The zero-order chi connectivity index (χ0) is 19.1. The van der Waals surface area contributed by atoms with Crippen molar-refractivity contribution in [2.75, 3.05) is 13.7 Å². The highest BCUT2D eigenvalue weighted by atomic mass is 32.1. The first-order valence-corrected chi connectivity index (χ1v) is 8.88. The van der Waals surface area contributed by atoms with Gasteiger partial charge in [0.05, 0.1) is 13.7 Å². The highest BCUT2D eigenvalue weighted by molar-refractivity contribution is 7.71. The molecule has 0 aliphatic carbocycles. The molecule has 1 heterocycles. The van der Waals surface area contributed by atoms with Crippen LogP contribution < -0.4 is 9.47 Å². The summed E-state index contributed by atoms with van der Waals surface area (Å²) >= 11 is 5.29. The lowest BCUT2D eigenvalue weighted by atomic mass is 10.2. The Bertz CT molecular complexity index is 1000. The van der Waals surface area contributed by atoms with Gasteiger partial charge in [-0.05, 0) is 61.6 Å². The average molecular weight is 380 g/mol. The van der Waals surface area contributed by atoms with E-state index in [1.165, 1.54) is 0 Å². The van der Waals surface area contributed by atoms with Crippen LogP contribution in [0.4, 0.5) is 0 Å². The van der Waals surface area contributed by atoms with Crippen molar-refractivity contribution in [3.63, 3.8) is 0 Å². The van der Waals surface area contributed by atoms with E-state index in [-0.39, 0.29) is 0 Å². The maximum Gasteiger partial charge on any atom is 0.216 e. The van der Waals surface area contributed by atoms with Crippen LogP contribution in [0.2, 0.25) is 0 Å². The predicted molar refractivity (Wildman–Crippen MR) is 110 cm³/mol. The molecule has 0 fully saturated rings. The number of hydrogen-bond donors (Lipinski definition) is 1. The Balaban J connectivity index is 1.81. The number of aromatic nitrogens is 3. The third kappa shape index (κ3) is 4.51. The molecule has 0 saturated carbocycles. The first kappa shape index (κ1) is 18.6. The summed E-state index contributed by atoms with van der Waals surface area (Å²) in [5.74, 6) is 2.24. The molecule has 0 amide bonds. The van der Waals surface area contributed by atoms with Gasteiger partial charge in [0.1, 0.15) is 11.5 Å². The molecule has 3 rings (SSSR count). The molecular weight excluding hydrogens is 360 g/mol. The monoisotopic (exact) mass is 380 g/mol. The van der Waals surface area contributed by atoms with Crippen molar-refractivity contribution >= 4 is 24.5 Å². The van der Waals surface area contributed by atoms with Crippen LogP contribution >= 0.6 is 12.2 Å². The molecule has 138 valence electrons. The van der Waals surface area contributed by atoms with Crippen LogP contribution in [0.25, 0.3) is 17.5 Å². The molecule has 0 radical (unpaired) electrons. The highest BCUT2D eigenvalue weighted by Crippen LogP contribution is 2.21. The Morgan fingerprint density at radius 3 is 2.70 bits per heavy atom. The second-order valence-corrected chi connectivity index (χ2v) is 5.87.